The van der Waals surface area contributed by atoms with Gasteiger partial charge in [0.25, 0.3) is 0 Å². The van der Waals surface area contributed by atoms with Gasteiger partial charge in [-0.25, -0.2) is 0 Å². The van der Waals surface area contributed by atoms with E-state index in [1.165, 1.54) is 25.7 Å². The third kappa shape index (κ3) is 3.61. The summed E-state index contributed by atoms with van der Waals surface area (Å²) in [5, 5.41) is 20.5. The second kappa shape index (κ2) is 6.85. The van der Waals surface area contributed by atoms with Gasteiger partial charge >= 0.3 is 10.4 Å². The minimum absolute atomic E-state index is 0.0742. The van der Waals surface area contributed by atoms with Crippen molar-refractivity contribution in [3.63, 3.8) is 0 Å². The predicted octanol–water partition coefficient (Wildman–Crippen LogP) is 3.02. The van der Waals surface area contributed by atoms with Crippen LogP contribution < -0.4 is 0 Å². The number of rotatable bonds is 0. The largest absolute Gasteiger partial charge is 0.394 e. The molecule has 0 aliphatic heterocycles. The van der Waals surface area contributed by atoms with Crippen molar-refractivity contribution >= 4 is 10.4 Å². The Morgan fingerprint density at radius 3 is 2.31 bits per heavy atom. The summed E-state index contributed by atoms with van der Waals surface area (Å²) in [5.74, 6) is 2.27. The Balaban J connectivity index is 0.000000349. The quantitative estimate of drug-likeness (QED) is 0.374. The van der Waals surface area contributed by atoms with Crippen molar-refractivity contribution in [1.82, 2.24) is 0 Å². The first-order valence-electron chi connectivity index (χ1n) is 9.70. The van der Waals surface area contributed by atoms with E-state index >= 15 is 0 Å². The molecule has 0 aromatic heterocycles. The number of aliphatic hydroxyl groups is 2. The molecule has 4 N–H and O–H groups in total. The highest BCUT2D eigenvalue weighted by Crippen LogP contribution is 2.64. The SMILES string of the molecule is C[C@]12CCC(O)CC1=CC[C@@H]1[C@H]2CC[C@]2(C)C(O)CC[C@@H]12.O=S(=O)(O)O. The summed E-state index contributed by atoms with van der Waals surface area (Å²) >= 11 is 0. The van der Waals surface area contributed by atoms with Gasteiger partial charge in [-0.3, -0.25) is 9.11 Å². The maximum atomic E-state index is 10.5. The van der Waals surface area contributed by atoms with Crippen LogP contribution in [0.15, 0.2) is 11.6 Å². The summed E-state index contributed by atoms with van der Waals surface area (Å²) < 4.78 is 31.6. The summed E-state index contributed by atoms with van der Waals surface area (Å²) in [5.41, 5.74) is 2.05. The molecule has 3 fully saturated rings. The monoisotopic (exact) mass is 388 g/mol. The second-order valence-electron chi connectivity index (χ2n) is 9.24. The summed E-state index contributed by atoms with van der Waals surface area (Å²) in [6.07, 6.45) is 11.2. The third-order valence-electron chi connectivity index (χ3n) is 8.03. The number of allylic oxidation sites excluding steroid dienone is 1. The third-order valence-corrected chi connectivity index (χ3v) is 8.03. The van der Waals surface area contributed by atoms with E-state index in [9.17, 15) is 10.2 Å². The molecule has 0 amide bonds. The van der Waals surface area contributed by atoms with Crippen LogP contribution in [0.1, 0.15) is 65.2 Å². The number of fused-ring (bicyclic) bond motifs is 5. The highest BCUT2D eigenvalue weighted by atomic mass is 32.3. The molecule has 4 rings (SSSR count). The van der Waals surface area contributed by atoms with E-state index < -0.39 is 10.4 Å². The van der Waals surface area contributed by atoms with Crippen molar-refractivity contribution in [1.29, 1.82) is 0 Å². The molecule has 0 heterocycles. The molecule has 4 aliphatic carbocycles. The molecule has 0 bridgehead atoms. The smallest absolute Gasteiger partial charge is 0.393 e. The topological polar surface area (TPSA) is 115 Å². The molecule has 7 heteroatoms. The zero-order chi connectivity index (χ0) is 19.3. The lowest BCUT2D eigenvalue weighted by Crippen LogP contribution is -2.51. The van der Waals surface area contributed by atoms with Gasteiger partial charge < -0.3 is 10.2 Å². The van der Waals surface area contributed by atoms with Crippen LogP contribution in [0.3, 0.4) is 0 Å². The molecule has 6 nitrogen and oxygen atoms in total. The lowest BCUT2D eigenvalue weighted by atomic mass is 9.48. The fraction of sp³-hybridized carbons (Fsp3) is 0.895. The fourth-order valence-corrected chi connectivity index (χ4v) is 6.61. The van der Waals surface area contributed by atoms with Crippen LogP contribution in [0.4, 0.5) is 0 Å². The first kappa shape index (κ1) is 20.3. The Morgan fingerprint density at radius 1 is 1.00 bits per heavy atom. The lowest BCUT2D eigenvalue weighted by molar-refractivity contribution is -0.0711. The highest BCUT2D eigenvalue weighted by Gasteiger charge is 2.58. The van der Waals surface area contributed by atoms with Crippen LogP contribution in [-0.4, -0.2) is 39.9 Å². The second-order valence-corrected chi connectivity index (χ2v) is 10.1. The Morgan fingerprint density at radius 2 is 1.65 bits per heavy atom. The highest BCUT2D eigenvalue weighted by molar-refractivity contribution is 7.79. The Bertz CT molecular complexity index is 666. The first-order chi connectivity index (χ1) is 11.9. The van der Waals surface area contributed by atoms with Crippen molar-refractivity contribution in [2.75, 3.05) is 0 Å². The zero-order valence-corrected chi connectivity index (χ0v) is 16.5. The van der Waals surface area contributed by atoms with E-state index in [1.807, 2.05) is 0 Å². The summed E-state index contributed by atoms with van der Waals surface area (Å²) in [4.78, 5) is 0. The van der Waals surface area contributed by atoms with Gasteiger partial charge in [-0.1, -0.05) is 25.5 Å². The van der Waals surface area contributed by atoms with Crippen LogP contribution in [0.5, 0.6) is 0 Å². The van der Waals surface area contributed by atoms with Crippen molar-refractivity contribution in [3.05, 3.63) is 11.6 Å². The van der Waals surface area contributed by atoms with Crippen molar-refractivity contribution < 1.29 is 27.7 Å². The van der Waals surface area contributed by atoms with Gasteiger partial charge in [-0.05, 0) is 80.0 Å². The maximum absolute atomic E-state index is 10.5. The van der Waals surface area contributed by atoms with Gasteiger partial charge in [0.1, 0.15) is 0 Å². The molecule has 0 saturated heterocycles. The van der Waals surface area contributed by atoms with E-state index in [0.29, 0.717) is 11.3 Å². The van der Waals surface area contributed by atoms with Crippen LogP contribution in [0.2, 0.25) is 0 Å². The van der Waals surface area contributed by atoms with E-state index in [4.69, 9.17) is 17.5 Å². The molecule has 3 saturated carbocycles. The summed E-state index contributed by atoms with van der Waals surface area (Å²) in [6, 6.07) is 0. The minimum atomic E-state index is -4.67. The summed E-state index contributed by atoms with van der Waals surface area (Å²) in [6.45, 7) is 4.81. The fourth-order valence-electron chi connectivity index (χ4n) is 6.61. The molecular weight excluding hydrogens is 356 g/mol. The van der Waals surface area contributed by atoms with Crippen LogP contribution in [0, 0.1) is 28.6 Å². The molecular formula is C19H32O6S. The van der Waals surface area contributed by atoms with E-state index in [0.717, 1.165) is 37.5 Å². The number of aliphatic hydroxyl groups excluding tert-OH is 2. The van der Waals surface area contributed by atoms with Crippen LogP contribution in [-0.2, 0) is 10.4 Å². The lowest BCUT2D eigenvalue weighted by Gasteiger charge is -2.57. The van der Waals surface area contributed by atoms with Crippen LogP contribution >= 0.6 is 0 Å². The van der Waals surface area contributed by atoms with Gasteiger partial charge in [0, 0.05) is 0 Å². The molecule has 0 radical (unpaired) electrons. The van der Waals surface area contributed by atoms with Crippen molar-refractivity contribution in [2.24, 2.45) is 28.6 Å². The molecule has 7 atom stereocenters. The zero-order valence-electron chi connectivity index (χ0n) is 15.6. The predicted molar refractivity (Wildman–Crippen MR) is 97.9 cm³/mol. The summed E-state index contributed by atoms with van der Waals surface area (Å²) in [7, 11) is -4.67. The molecule has 2 unspecified atom stereocenters. The standard InChI is InChI=1S/C19H30O2.H2O4S/c1-18-9-7-13(20)11-12(18)3-4-14-15-5-6-17(21)19(15,2)10-8-16(14)18;1-5(2,3)4/h3,13-17,20-21H,4-11H2,1-2H3;(H2,1,2,3,4)/t13?,14-,15-,16+,17?,18-,19-;/m0./s1. The number of hydrogen-bond acceptors (Lipinski definition) is 4. The minimum Gasteiger partial charge on any atom is -0.393 e. The van der Waals surface area contributed by atoms with E-state index in [1.54, 1.807) is 5.57 Å². The number of hydrogen-bond donors (Lipinski definition) is 4. The van der Waals surface area contributed by atoms with E-state index in [2.05, 4.69) is 19.9 Å². The van der Waals surface area contributed by atoms with Gasteiger partial charge in [0.2, 0.25) is 0 Å². The Labute approximate surface area is 156 Å². The van der Waals surface area contributed by atoms with Gasteiger partial charge in [0.05, 0.1) is 12.2 Å². The maximum Gasteiger partial charge on any atom is 0.394 e. The van der Waals surface area contributed by atoms with Gasteiger partial charge in [-0.15, -0.1) is 0 Å². The van der Waals surface area contributed by atoms with E-state index in [-0.39, 0.29) is 17.6 Å². The van der Waals surface area contributed by atoms with Gasteiger partial charge in [0.15, 0.2) is 0 Å². The molecule has 4 aliphatic rings. The normalized spacial score (nSPS) is 47.6. The molecule has 0 aromatic rings. The molecule has 0 spiro atoms. The van der Waals surface area contributed by atoms with Gasteiger partial charge in [-0.2, -0.15) is 8.42 Å². The Hall–Kier alpha value is -0.470. The average Bonchev–Trinajstić information content (AvgIpc) is 2.82. The Kier molecular flexibility index (Phi) is 5.34. The average molecular weight is 389 g/mol. The molecule has 0 aromatic carbocycles. The van der Waals surface area contributed by atoms with Crippen LogP contribution in [0.25, 0.3) is 0 Å². The molecule has 26 heavy (non-hydrogen) atoms. The van der Waals surface area contributed by atoms with Crippen molar-refractivity contribution in [3.8, 4) is 0 Å². The van der Waals surface area contributed by atoms with Crippen molar-refractivity contribution in [2.45, 2.75) is 77.4 Å². The first-order valence-corrected chi connectivity index (χ1v) is 11.1. The molecule has 150 valence electrons.